The summed E-state index contributed by atoms with van der Waals surface area (Å²) in [6.45, 7) is 4.22. The van der Waals surface area contributed by atoms with E-state index in [1.807, 2.05) is 13.8 Å². The first-order valence-electron chi connectivity index (χ1n) is 4.04. The van der Waals surface area contributed by atoms with E-state index in [1.165, 1.54) is 12.3 Å². The third kappa shape index (κ3) is 2.77. The Balaban J connectivity index is 2.54. The van der Waals surface area contributed by atoms with Gasteiger partial charge in [-0.1, -0.05) is 13.8 Å². The Hall–Kier alpha value is -1.52. The molecule has 0 bridgehead atoms. The predicted molar refractivity (Wildman–Crippen MR) is 46.6 cm³/mol. The summed E-state index contributed by atoms with van der Waals surface area (Å²) in [6.07, 6.45) is 0.779. The molecule has 0 fully saturated rings. The Morgan fingerprint density at radius 2 is 2.38 bits per heavy atom. The van der Waals surface area contributed by atoms with Crippen LogP contribution in [-0.2, 0) is 4.74 Å². The van der Waals surface area contributed by atoms with Gasteiger partial charge in [0.15, 0.2) is 0 Å². The predicted octanol–water partition coefficient (Wildman–Crippen LogP) is 0.817. The van der Waals surface area contributed by atoms with Crippen LogP contribution < -0.4 is 5.56 Å². The first-order chi connectivity index (χ1) is 6.09. The van der Waals surface area contributed by atoms with Crippen molar-refractivity contribution in [2.45, 2.75) is 13.8 Å². The van der Waals surface area contributed by atoms with Crippen molar-refractivity contribution >= 4 is 6.09 Å². The summed E-state index contributed by atoms with van der Waals surface area (Å²) in [5.74, 6) is 0.284. The van der Waals surface area contributed by atoms with Crippen molar-refractivity contribution in [1.29, 1.82) is 0 Å². The SMILES string of the molecule is CC(C)COC(=O)n1ccc(=O)[nH]1. The topological polar surface area (TPSA) is 64.1 Å². The van der Waals surface area contributed by atoms with Gasteiger partial charge in [0.1, 0.15) is 0 Å². The number of carbonyl (C=O) groups excluding carboxylic acids is 1. The van der Waals surface area contributed by atoms with Crippen LogP contribution in [0.3, 0.4) is 0 Å². The minimum atomic E-state index is -0.559. The molecule has 0 unspecified atom stereocenters. The number of hydrogen-bond acceptors (Lipinski definition) is 3. The minimum Gasteiger partial charge on any atom is -0.448 e. The molecule has 0 aliphatic heterocycles. The third-order valence-corrected chi connectivity index (χ3v) is 1.34. The largest absolute Gasteiger partial charge is 0.448 e. The second kappa shape index (κ2) is 3.93. The van der Waals surface area contributed by atoms with Crippen LogP contribution in [0, 0.1) is 5.92 Å². The van der Waals surface area contributed by atoms with Gasteiger partial charge in [-0.05, 0) is 5.92 Å². The zero-order valence-corrected chi connectivity index (χ0v) is 7.61. The molecule has 5 heteroatoms. The molecular weight excluding hydrogens is 172 g/mol. The Kier molecular flexibility index (Phi) is 2.89. The molecule has 1 rings (SSSR count). The second-order valence-electron chi connectivity index (χ2n) is 3.13. The molecular formula is C8H12N2O3. The highest BCUT2D eigenvalue weighted by atomic mass is 16.6. The van der Waals surface area contributed by atoms with Crippen LogP contribution in [0.5, 0.6) is 0 Å². The van der Waals surface area contributed by atoms with Gasteiger partial charge in [-0.2, -0.15) is 4.68 Å². The van der Waals surface area contributed by atoms with Crippen LogP contribution in [0.2, 0.25) is 0 Å². The molecule has 0 saturated heterocycles. The number of aromatic amines is 1. The number of ether oxygens (including phenoxy) is 1. The van der Waals surface area contributed by atoms with Crippen molar-refractivity contribution in [3.8, 4) is 0 Å². The molecule has 72 valence electrons. The zero-order valence-electron chi connectivity index (χ0n) is 7.61. The van der Waals surface area contributed by atoms with Gasteiger partial charge in [0, 0.05) is 12.3 Å². The summed E-state index contributed by atoms with van der Waals surface area (Å²) in [4.78, 5) is 21.8. The van der Waals surface area contributed by atoms with Crippen molar-refractivity contribution < 1.29 is 9.53 Å². The lowest BCUT2D eigenvalue weighted by Gasteiger charge is -2.06. The smallest absolute Gasteiger partial charge is 0.432 e. The highest BCUT2D eigenvalue weighted by Crippen LogP contribution is 1.94. The molecule has 1 N–H and O–H groups in total. The van der Waals surface area contributed by atoms with Gasteiger partial charge in [-0.3, -0.25) is 9.89 Å². The lowest BCUT2D eigenvalue weighted by atomic mass is 10.2. The first kappa shape index (κ1) is 9.57. The molecule has 0 amide bonds. The molecule has 1 aromatic rings. The van der Waals surface area contributed by atoms with Crippen LogP contribution in [0.1, 0.15) is 13.8 Å². The standard InChI is InChI=1S/C8H12N2O3/c1-6(2)5-13-8(12)10-4-3-7(11)9-10/h3-4,6H,5H2,1-2H3,(H,9,11). The van der Waals surface area contributed by atoms with Gasteiger partial charge in [0.25, 0.3) is 5.56 Å². The fraction of sp³-hybridized carbons (Fsp3) is 0.500. The van der Waals surface area contributed by atoms with Crippen molar-refractivity contribution in [3.05, 3.63) is 22.6 Å². The number of nitrogens with zero attached hydrogens (tertiary/aromatic N) is 1. The summed E-state index contributed by atoms with van der Waals surface area (Å²) in [5.41, 5.74) is -0.318. The number of hydrogen-bond donors (Lipinski definition) is 1. The van der Waals surface area contributed by atoms with E-state index in [-0.39, 0.29) is 11.5 Å². The van der Waals surface area contributed by atoms with Crippen LogP contribution >= 0.6 is 0 Å². The summed E-state index contributed by atoms with van der Waals surface area (Å²) in [7, 11) is 0. The molecule has 0 saturated carbocycles. The number of rotatable bonds is 2. The zero-order chi connectivity index (χ0) is 9.84. The lowest BCUT2D eigenvalue weighted by molar-refractivity contribution is 0.131. The summed E-state index contributed by atoms with van der Waals surface area (Å²) in [5, 5.41) is 2.29. The number of H-pyrrole nitrogens is 1. The Labute approximate surface area is 75.3 Å². The molecule has 1 heterocycles. The van der Waals surface area contributed by atoms with Crippen molar-refractivity contribution in [2.75, 3.05) is 6.61 Å². The molecule has 0 aromatic carbocycles. The van der Waals surface area contributed by atoms with Crippen LogP contribution in [0.15, 0.2) is 17.1 Å². The van der Waals surface area contributed by atoms with E-state index in [4.69, 9.17) is 4.74 Å². The Bertz CT molecular complexity index is 337. The van der Waals surface area contributed by atoms with Crippen LogP contribution in [0.25, 0.3) is 0 Å². The maximum Gasteiger partial charge on any atom is 0.432 e. The average Bonchev–Trinajstić information content (AvgIpc) is 2.47. The monoisotopic (exact) mass is 184 g/mol. The molecule has 0 aliphatic carbocycles. The van der Waals surface area contributed by atoms with Crippen LogP contribution in [0.4, 0.5) is 4.79 Å². The van der Waals surface area contributed by atoms with Gasteiger partial charge < -0.3 is 4.74 Å². The van der Waals surface area contributed by atoms with E-state index < -0.39 is 6.09 Å². The molecule has 13 heavy (non-hydrogen) atoms. The van der Waals surface area contributed by atoms with Crippen LogP contribution in [-0.4, -0.2) is 22.5 Å². The third-order valence-electron chi connectivity index (χ3n) is 1.34. The summed E-state index contributed by atoms with van der Waals surface area (Å²) < 4.78 is 5.88. The maximum atomic E-state index is 11.1. The minimum absolute atomic E-state index is 0.284. The molecule has 5 nitrogen and oxygen atoms in total. The molecule has 1 aromatic heterocycles. The summed E-state index contributed by atoms with van der Waals surface area (Å²) >= 11 is 0. The Morgan fingerprint density at radius 3 is 2.85 bits per heavy atom. The van der Waals surface area contributed by atoms with Gasteiger partial charge in [-0.15, -0.1) is 0 Å². The van der Waals surface area contributed by atoms with E-state index in [1.54, 1.807) is 0 Å². The number of carbonyl (C=O) groups is 1. The van der Waals surface area contributed by atoms with E-state index in [0.717, 1.165) is 4.68 Å². The van der Waals surface area contributed by atoms with E-state index in [0.29, 0.717) is 6.61 Å². The lowest BCUT2D eigenvalue weighted by Crippen LogP contribution is -2.18. The van der Waals surface area contributed by atoms with Gasteiger partial charge in [-0.25, -0.2) is 4.79 Å². The Morgan fingerprint density at radius 1 is 1.69 bits per heavy atom. The molecule has 0 spiro atoms. The average molecular weight is 184 g/mol. The number of nitrogens with one attached hydrogen (secondary N) is 1. The van der Waals surface area contributed by atoms with Crippen molar-refractivity contribution in [3.63, 3.8) is 0 Å². The van der Waals surface area contributed by atoms with Crippen molar-refractivity contribution in [2.24, 2.45) is 5.92 Å². The van der Waals surface area contributed by atoms with Gasteiger partial charge in [0.2, 0.25) is 0 Å². The molecule has 0 aliphatic rings. The fourth-order valence-corrected chi connectivity index (χ4v) is 0.749. The second-order valence-corrected chi connectivity index (χ2v) is 3.13. The van der Waals surface area contributed by atoms with Gasteiger partial charge >= 0.3 is 6.09 Å². The normalized spacial score (nSPS) is 10.4. The van der Waals surface area contributed by atoms with Crippen molar-refractivity contribution in [1.82, 2.24) is 9.78 Å². The van der Waals surface area contributed by atoms with E-state index in [2.05, 4.69) is 5.10 Å². The fourth-order valence-electron chi connectivity index (χ4n) is 0.749. The quantitative estimate of drug-likeness (QED) is 0.739. The molecule has 0 atom stereocenters. The molecule has 0 radical (unpaired) electrons. The number of aromatic nitrogens is 2. The van der Waals surface area contributed by atoms with Gasteiger partial charge in [0.05, 0.1) is 6.61 Å². The first-order valence-corrected chi connectivity index (χ1v) is 4.04. The van der Waals surface area contributed by atoms with E-state index in [9.17, 15) is 9.59 Å². The summed E-state index contributed by atoms with van der Waals surface area (Å²) in [6, 6.07) is 1.26. The van der Waals surface area contributed by atoms with E-state index >= 15 is 0 Å². The highest BCUT2D eigenvalue weighted by molar-refractivity contribution is 5.68. The maximum absolute atomic E-state index is 11.1. The highest BCUT2D eigenvalue weighted by Gasteiger charge is 2.06.